The maximum Gasteiger partial charge on any atom is 0.338 e. The van der Waals surface area contributed by atoms with Gasteiger partial charge in [0.25, 0.3) is 0 Å². The molecule has 9 heteroatoms. The lowest BCUT2D eigenvalue weighted by atomic mass is 9.93. The molecule has 5 rings (SSSR count). The van der Waals surface area contributed by atoms with Gasteiger partial charge in [0, 0.05) is 18.8 Å². The molecule has 1 amide bonds. The van der Waals surface area contributed by atoms with E-state index in [1.807, 2.05) is 76.7 Å². The van der Waals surface area contributed by atoms with E-state index in [-0.39, 0.29) is 18.9 Å². The fraction of sp³-hybridized carbons (Fsp3) is 0.300. The normalized spacial score (nSPS) is 18.7. The number of thioether (sulfide) groups is 1. The van der Waals surface area contributed by atoms with Gasteiger partial charge in [-0.2, -0.15) is 0 Å². The molecule has 202 valence electrons. The summed E-state index contributed by atoms with van der Waals surface area (Å²) in [6.07, 6.45) is 1.73. The standard InChI is InChI=1S/C30H31N3O5S/c1-3-14-37-29(35)27-21(2)31-30-33(24(20-39-30)18-26(34)32-12-15-36-16-13-32)28(27)23-10-7-11-25(17-23)38-19-22-8-5-4-6-9-22/h3-11,17,20,28H,1,12-16,18-19H2,2H3/t28-/m0/s1. The topological polar surface area (TPSA) is 80.7 Å². The molecule has 8 nitrogen and oxygen atoms in total. The average Bonchev–Trinajstić information content (AvgIpc) is 3.36. The van der Waals surface area contributed by atoms with Crippen LogP contribution in [0.3, 0.4) is 0 Å². The van der Waals surface area contributed by atoms with Crippen LogP contribution in [0.15, 0.2) is 94.6 Å². The van der Waals surface area contributed by atoms with Crippen molar-refractivity contribution in [2.75, 3.05) is 32.9 Å². The zero-order chi connectivity index (χ0) is 27.2. The molecule has 3 heterocycles. The first-order chi connectivity index (χ1) is 19.0. The number of esters is 1. The van der Waals surface area contributed by atoms with Crippen molar-refractivity contribution in [1.82, 2.24) is 9.80 Å². The van der Waals surface area contributed by atoms with Gasteiger partial charge >= 0.3 is 5.97 Å². The molecule has 0 unspecified atom stereocenters. The van der Waals surface area contributed by atoms with E-state index in [2.05, 4.69) is 6.58 Å². The van der Waals surface area contributed by atoms with Gasteiger partial charge in [-0.15, -0.1) is 0 Å². The van der Waals surface area contributed by atoms with Crippen LogP contribution in [0.2, 0.25) is 0 Å². The Labute approximate surface area is 232 Å². The van der Waals surface area contributed by atoms with Crippen molar-refractivity contribution in [3.8, 4) is 5.75 Å². The predicted molar refractivity (Wildman–Crippen MR) is 151 cm³/mol. The second-order valence-corrected chi connectivity index (χ2v) is 10.1. The molecule has 0 bridgehead atoms. The number of aliphatic imine (C=N–C) groups is 1. The van der Waals surface area contributed by atoms with Crippen LogP contribution in [0, 0.1) is 0 Å². The van der Waals surface area contributed by atoms with Gasteiger partial charge in [0.1, 0.15) is 19.0 Å². The van der Waals surface area contributed by atoms with Crippen molar-refractivity contribution in [1.29, 1.82) is 0 Å². The molecule has 3 aliphatic rings. The molecule has 39 heavy (non-hydrogen) atoms. The summed E-state index contributed by atoms with van der Waals surface area (Å²) in [7, 11) is 0. The number of fused-ring (bicyclic) bond motifs is 1. The van der Waals surface area contributed by atoms with E-state index in [0.717, 1.165) is 22.0 Å². The van der Waals surface area contributed by atoms with Crippen molar-refractivity contribution in [2.24, 2.45) is 4.99 Å². The lowest BCUT2D eigenvalue weighted by molar-refractivity contribution is -0.138. The first-order valence-corrected chi connectivity index (χ1v) is 13.8. The molecule has 2 aromatic rings. The minimum absolute atomic E-state index is 0.0205. The molecule has 0 aromatic heterocycles. The van der Waals surface area contributed by atoms with E-state index < -0.39 is 12.0 Å². The van der Waals surface area contributed by atoms with Crippen molar-refractivity contribution < 1.29 is 23.8 Å². The van der Waals surface area contributed by atoms with E-state index in [1.165, 1.54) is 17.8 Å². The number of nitrogens with zero attached hydrogens (tertiary/aromatic N) is 3. The highest BCUT2D eigenvalue weighted by atomic mass is 32.2. The Bertz CT molecular complexity index is 1330. The van der Waals surface area contributed by atoms with Gasteiger partial charge in [-0.05, 0) is 35.6 Å². The maximum absolute atomic E-state index is 13.3. The van der Waals surface area contributed by atoms with Crippen LogP contribution in [0.1, 0.15) is 30.5 Å². The van der Waals surface area contributed by atoms with Crippen LogP contribution < -0.4 is 4.74 Å². The maximum atomic E-state index is 13.3. The van der Waals surface area contributed by atoms with Gasteiger partial charge in [-0.25, -0.2) is 9.79 Å². The summed E-state index contributed by atoms with van der Waals surface area (Å²) in [5.41, 5.74) is 3.69. The summed E-state index contributed by atoms with van der Waals surface area (Å²) in [5, 5.41) is 2.67. The van der Waals surface area contributed by atoms with E-state index in [0.29, 0.717) is 49.9 Å². The number of rotatable bonds is 9. The molecular formula is C30H31N3O5S. The van der Waals surface area contributed by atoms with Crippen LogP contribution in [-0.4, -0.2) is 59.8 Å². The number of morpholine rings is 1. The summed E-state index contributed by atoms with van der Waals surface area (Å²) in [6.45, 7) is 8.20. The van der Waals surface area contributed by atoms with Crippen LogP contribution in [0.5, 0.6) is 5.75 Å². The molecular weight excluding hydrogens is 514 g/mol. The monoisotopic (exact) mass is 545 g/mol. The van der Waals surface area contributed by atoms with Gasteiger partial charge in [-0.3, -0.25) is 4.79 Å². The highest BCUT2D eigenvalue weighted by molar-refractivity contribution is 8.16. The Morgan fingerprint density at radius 3 is 2.72 bits per heavy atom. The third-order valence-electron chi connectivity index (χ3n) is 6.67. The quantitative estimate of drug-likeness (QED) is 0.330. The number of amidine groups is 1. The molecule has 0 spiro atoms. The molecule has 1 atom stereocenters. The van der Waals surface area contributed by atoms with E-state index >= 15 is 0 Å². The van der Waals surface area contributed by atoms with Gasteiger partial charge in [0.2, 0.25) is 5.91 Å². The van der Waals surface area contributed by atoms with Crippen molar-refractivity contribution >= 4 is 28.8 Å². The van der Waals surface area contributed by atoms with Crippen LogP contribution in [0.25, 0.3) is 0 Å². The molecule has 2 aromatic carbocycles. The smallest absolute Gasteiger partial charge is 0.338 e. The minimum Gasteiger partial charge on any atom is -0.489 e. The number of allylic oxidation sites excluding steroid dienone is 1. The number of carbonyl (C=O) groups excluding carboxylic acids is 2. The molecule has 0 aliphatic carbocycles. The summed E-state index contributed by atoms with van der Waals surface area (Å²) in [4.78, 5) is 35.1. The average molecular weight is 546 g/mol. The molecule has 0 radical (unpaired) electrons. The molecule has 1 saturated heterocycles. The number of hydrogen-bond acceptors (Lipinski definition) is 8. The number of benzene rings is 2. The van der Waals surface area contributed by atoms with Gasteiger partial charge < -0.3 is 24.0 Å². The molecule has 1 fully saturated rings. The van der Waals surface area contributed by atoms with Gasteiger partial charge in [-0.1, -0.05) is 66.9 Å². The number of amides is 1. The van der Waals surface area contributed by atoms with Crippen LogP contribution in [0.4, 0.5) is 0 Å². The predicted octanol–water partition coefficient (Wildman–Crippen LogP) is 4.82. The summed E-state index contributed by atoms with van der Waals surface area (Å²) in [6, 6.07) is 17.1. The van der Waals surface area contributed by atoms with E-state index in [9.17, 15) is 9.59 Å². The highest BCUT2D eigenvalue weighted by Gasteiger charge is 2.41. The number of hydrogen-bond donors (Lipinski definition) is 0. The summed E-state index contributed by atoms with van der Waals surface area (Å²) < 4.78 is 17.0. The Hall–Kier alpha value is -3.82. The van der Waals surface area contributed by atoms with E-state index in [4.69, 9.17) is 19.2 Å². The Kier molecular flexibility index (Phi) is 8.48. The van der Waals surface area contributed by atoms with Crippen molar-refractivity contribution in [2.45, 2.75) is 26.0 Å². The zero-order valence-electron chi connectivity index (χ0n) is 21.9. The zero-order valence-corrected chi connectivity index (χ0v) is 22.7. The van der Waals surface area contributed by atoms with Crippen molar-refractivity contribution in [3.63, 3.8) is 0 Å². The SMILES string of the molecule is C=CCOC(=O)C1=C(C)N=C2SC=C(CC(=O)N3CCOCC3)N2[C@H]1c1cccc(OCc2ccccc2)c1. The Morgan fingerprint density at radius 1 is 1.15 bits per heavy atom. The highest BCUT2D eigenvalue weighted by Crippen LogP contribution is 2.45. The third-order valence-corrected chi connectivity index (χ3v) is 7.56. The second-order valence-electron chi connectivity index (χ2n) is 9.30. The largest absolute Gasteiger partial charge is 0.489 e. The first kappa shape index (κ1) is 26.8. The number of carbonyl (C=O) groups is 2. The third kappa shape index (κ3) is 6.10. The van der Waals surface area contributed by atoms with Crippen LogP contribution in [-0.2, 0) is 25.7 Å². The summed E-state index contributed by atoms with van der Waals surface area (Å²) in [5.74, 6) is 0.234. The van der Waals surface area contributed by atoms with Gasteiger partial charge in [0.05, 0.1) is 36.9 Å². The number of ether oxygens (including phenoxy) is 3. The minimum atomic E-state index is -0.533. The summed E-state index contributed by atoms with van der Waals surface area (Å²) >= 11 is 1.45. The van der Waals surface area contributed by atoms with Gasteiger partial charge in [0.15, 0.2) is 5.17 Å². The fourth-order valence-electron chi connectivity index (χ4n) is 4.75. The molecule has 0 N–H and O–H groups in total. The lowest BCUT2D eigenvalue weighted by Crippen LogP contribution is -2.42. The molecule has 0 saturated carbocycles. The first-order valence-electron chi connectivity index (χ1n) is 12.9. The van der Waals surface area contributed by atoms with E-state index in [1.54, 1.807) is 0 Å². The Morgan fingerprint density at radius 2 is 1.95 bits per heavy atom. The molecule has 3 aliphatic heterocycles. The van der Waals surface area contributed by atoms with Crippen molar-refractivity contribution in [3.05, 3.63) is 101 Å². The lowest BCUT2D eigenvalue weighted by Gasteiger charge is -2.37. The van der Waals surface area contributed by atoms with Crippen LogP contribution >= 0.6 is 11.8 Å². The second kappa shape index (κ2) is 12.4. The fourth-order valence-corrected chi connectivity index (χ4v) is 5.72. The Balaban J connectivity index is 1.46.